The Bertz CT molecular complexity index is 143. The number of ether oxygens (including phenoxy) is 1. The Morgan fingerprint density at radius 2 is 2.62 bits per heavy atom. The van der Waals surface area contributed by atoms with E-state index in [9.17, 15) is 9.18 Å². The van der Waals surface area contributed by atoms with E-state index >= 15 is 0 Å². The highest BCUT2D eigenvalue weighted by Gasteiger charge is 2.14. The molecule has 0 atom stereocenters. The maximum absolute atomic E-state index is 11.4. The standard InChI is InChI=1S/C4H4FNO2/c5-1-3-2-8-4(7)6-3/h1H,2H2,(H,6,7)/b3-1+. The van der Waals surface area contributed by atoms with Crippen molar-refractivity contribution in [3.05, 3.63) is 12.0 Å². The van der Waals surface area contributed by atoms with Crippen molar-refractivity contribution in [2.45, 2.75) is 0 Å². The van der Waals surface area contributed by atoms with Crippen LogP contribution >= 0.6 is 0 Å². The van der Waals surface area contributed by atoms with Crippen molar-refractivity contribution >= 4 is 6.09 Å². The van der Waals surface area contributed by atoms with E-state index in [1.807, 2.05) is 0 Å². The first-order valence-corrected chi connectivity index (χ1v) is 2.06. The van der Waals surface area contributed by atoms with Gasteiger partial charge in [0.05, 0.1) is 5.70 Å². The molecule has 1 saturated heterocycles. The molecule has 0 aromatic rings. The number of carbonyl (C=O) groups is 1. The quantitative estimate of drug-likeness (QED) is 0.502. The molecule has 1 aliphatic heterocycles. The smallest absolute Gasteiger partial charge is 0.411 e. The minimum Gasteiger partial charge on any atom is -0.443 e. The van der Waals surface area contributed by atoms with Crippen molar-refractivity contribution in [1.29, 1.82) is 0 Å². The number of hydrogen-bond acceptors (Lipinski definition) is 2. The van der Waals surface area contributed by atoms with Crippen LogP contribution in [0.3, 0.4) is 0 Å². The van der Waals surface area contributed by atoms with Gasteiger partial charge in [-0.05, 0) is 0 Å². The zero-order chi connectivity index (χ0) is 5.98. The van der Waals surface area contributed by atoms with Crippen molar-refractivity contribution < 1.29 is 13.9 Å². The highest BCUT2D eigenvalue weighted by atomic mass is 19.1. The van der Waals surface area contributed by atoms with Crippen LogP contribution in [0.1, 0.15) is 0 Å². The summed E-state index contributed by atoms with van der Waals surface area (Å²) in [5, 5.41) is 2.13. The fraction of sp³-hybridized carbons (Fsp3) is 0.250. The number of alkyl carbamates (subject to hydrolysis) is 1. The number of rotatable bonds is 0. The van der Waals surface area contributed by atoms with Gasteiger partial charge in [0, 0.05) is 0 Å². The molecule has 3 nitrogen and oxygen atoms in total. The molecule has 1 N–H and O–H groups in total. The average Bonchev–Trinajstić information content (AvgIpc) is 2.14. The van der Waals surface area contributed by atoms with Gasteiger partial charge in [0.15, 0.2) is 0 Å². The lowest BCUT2D eigenvalue weighted by Gasteiger charge is -1.81. The third kappa shape index (κ3) is 0.776. The molecule has 8 heavy (non-hydrogen) atoms. The second-order valence-corrected chi connectivity index (χ2v) is 1.34. The SMILES string of the molecule is O=C1N/C(=C/F)CO1. The number of carbonyl (C=O) groups excluding carboxylic acids is 1. The second kappa shape index (κ2) is 1.81. The maximum atomic E-state index is 11.4. The molecule has 1 rings (SSSR count). The Balaban J connectivity index is 2.56. The average molecular weight is 117 g/mol. The summed E-state index contributed by atoms with van der Waals surface area (Å²) < 4.78 is 15.7. The van der Waals surface area contributed by atoms with Gasteiger partial charge in [-0.25, -0.2) is 9.18 Å². The van der Waals surface area contributed by atoms with E-state index in [0.717, 1.165) is 0 Å². The normalized spacial score (nSPS) is 23.1. The molecule has 44 valence electrons. The van der Waals surface area contributed by atoms with Crippen LogP contribution in [0.15, 0.2) is 12.0 Å². The summed E-state index contributed by atoms with van der Waals surface area (Å²) in [6, 6.07) is 0. The van der Waals surface area contributed by atoms with Crippen molar-refractivity contribution in [2.24, 2.45) is 0 Å². The second-order valence-electron chi connectivity index (χ2n) is 1.34. The molecule has 0 unspecified atom stereocenters. The van der Waals surface area contributed by atoms with Gasteiger partial charge in [-0.2, -0.15) is 0 Å². The molecule has 4 heteroatoms. The van der Waals surface area contributed by atoms with Crippen LogP contribution in [-0.4, -0.2) is 12.7 Å². The Labute approximate surface area is 45.1 Å². The van der Waals surface area contributed by atoms with Crippen LogP contribution in [-0.2, 0) is 4.74 Å². The van der Waals surface area contributed by atoms with Gasteiger partial charge >= 0.3 is 6.09 Å². The van der Waals surface area contributed by atoms with E-state index in [1.165, 1.54) is 0 Å². The van der Waals surface area contributed by atoms with Crippen LogP contribution in [0.25, 0.3) is 0 Å². The monoisotopic (exact) mass is 117 g/mol. The molecule has 0 aliphatic carbocycles. The predicted molar refractivity (Wildman–Crippen MR) is 23.7 cm³/mol. The highest BCUT2D eigenvalue weighted by Crippen LogP contribution is 1.99. The number of amides is 1. The first kappa shape index (κ1) is 5.08. The number of nitrogens with one attached hydrogen (secondary N) is 1. The summed E-state index contributed by atoms with van der Waals surface area (Å²) in [5.74, 6) is 0. The van der Waals surface area contributed by atoms with Gasteiger partial charge in [-0.1, -0.05) is 0 Å². The van der Waals surface area contributed by atoms with E-state index in [-0.39, 0.29) is 12.3 Å². The van der Waals surface area contributed by atoms with Crippen molar-refractivity contribution in [1.82, 2.24) is 5.32 Å². The molecule has 1 fully saturated rings. The molecule has 0 spiro atoms. The van der Waals surface area contributed by atoms with Gasteiger partial charge in [0.1, 0.15) is 12.9 Å². The fourth-order valence-corrected chi connectivity index (χ4v) is 0.405. The van der Waals surface area contributed by atoms with Crippen LogP contribution in [0.2, 0.25) is 0 Å². The Morgan fingerprint density at radius 3 is 2.88 bits per heavy atom. The predicted octanol–water partition coefficient (Wildman–Crippen LogP) is 0.537. The lowest BCUT2D eigenvalue weighted by atomic mass is 10.5. The molecule has 0 aromatic carbocycles. The van der Waals surface area contributed by atoms with Crippen LogP contribution in [0.5, 0.6) is 0 Å². The fourth-order valence-electron chi connectivity index (χ4n) is 0.405. The molecular formula is C4H4FNO2. The lowest BCUT2D eigenvalue weighted by Crippen LogP contribution is -2.10. The largest absolute Gasteiger partial charge is 0.443 e. The van der Waals surface area contributed by atoms with E-state index in [4.69, 9.17) is 0 Å². The third-order valence-electron chi connectivity index (χ3n) is 0.753. The maximum Gasteiger partial charge on any atom is 0.411 e. The number of cyclic esters (lactones) is 1. The van der Waals surface area contributed by atoms with Crippen LogP contribution in [0.4, 0.5) is 9.18 Å². The molecule has 0 saturated carbocycles. The van der Waals surface area contributed by atoms with Crippen molar-refractivity contribution in [3.8, 4) is 0 Å². The molecule has 0 bridgehead atoms. The van der Waals surface area contributed by atoms with E-state index in [1.54, 1.807) is 0 Å². The summed E-state index contributed by atoms with van der Waals surface area (Å²) in [6.45, 7) is 0.0231. The molecule has 1 heterocycles. The lowest BCUT2D eigenvalue weighted by molar-refractivity contribution is 0.179. The first-order valence-electron chi connectivity index (χ1n) is 2.06. The summed E-state index contributed by atoms with van der Waals surface area (Å²) in [6.07, 6.45) is -0.279. The zero-order valence-electron chi connectivity index (χ0n) is 3.98. The Hall–Kier alpha value is -1.06. The molecule has 1 amide bonds. The van der Waals surface area contributed by atoms with E-state index in [0.29, 0.717) is 6.33 Å². The van der Waals surface area contributed by atoms with Crippen LogP contribution < -0.4 is 5.32 Å². The van der Waals surface area contributed by atoms with E-state index in [2.05, 4.69) is 10.1 Å². The summed E-state index contributed by atoms with van der Waals surface area (Å²) in [7, 11) is 0. The Morgan fingerprint density at radius 1 is 1.88 bits per heavy atom. The summed E-state index contributed by atoms with van der Waals surface area (Å²) in [5.41, 5.74) is 0.176. The third-order valence-corrected chi connectivity index (χ3v) is 0.753. The van der Waals surface area contributed by atoms with Gasteiger partial charge in [0.2, 0.25) is 0 Å². The molecule has 1 aliphatic rings. The minimum atomic E-state index is -0.589. The van der Waals surface area contributed by atoms with Gasteiger partial charge in [-0.3, -0.25) is 5.32 Å². The number of hydrogen-bond donors (Lipinski definition) is 1. The topological polar surface area (TPSA) is 38.3 Å². The Kier molecular flexibility index (Phi) is 1.15. The van der Waals surface area contributed by atoms with E-state index < -0.39 is 6.09 Å². The van der Waals surface area contributed by atoms with Crippen LogP contribution in [0, 0.1) is 0 Å². The van der Waals surface area contributed by atoms with Gasteiger partial charge < -0.3 is 4.74 Å². The van der Waals surface area contributed by atoms with Crippen molar-refractivity contribution in [2.75, 3.05) is 6.61 Å². The van der Waals surface area contributed by atoms with Crippen molar-refractivity contribution in [3.63, 3.8) is 0 Å². The summed E-state index contributed by atoms with van der Waals surface area (Å²) in [4.78, 5) is 10.1. The molecular weight excluding hydrogens is 113 g/mol. The molecule has 0 aromatic heterocycles. The zero-order valence-corrected chi connectivity index (χ0v) is 3.98. The van der Waals surface area contributed by atoms with Gasteiger partial charge in [0.25, 0.3) is 0 Å². The highest BCUT2D eigenvalue weighted by molar-refractivity contribution is 5.72. The molecule has 0 radical (unpaired) electrons. The minimum absolute atomic E-state index is 0.0231. The van der Waals surface area contributed by atoms with Gasteiger partial charge in [-0.15, -0.1) is 0 Å². The first-order chi connectivity index (χ1) is 3.83. The summed E-state index contributed by atoms with van der Waals surface area (Å²) >= 11 is 0. The number of halogens is 1.